The molecule has 1 aromatic carbocycles. The number of halogens is 2. The Morgan fingerprint density at radius 3 is 2.71 bits per heavy atom. The maximum Gasteiger partial charge on any atom is 0.406 e. The van der Waals surface area contributed by atoms with E-state index in [0.29, 0.717) is 6.54 Å². The highest BCUT2D eigenvalue weighted by molar-refractivity contribution is 6.30. The summed E-state index contributed by atoms with van der Waals surface area (Å²) in [6.07, 6.45) is -0.494. The fourth-order valence-electron chi connectivity index (χ4n) is 1.38. The Labute approximate surface area is 105 Å². The largest absolute Gasteiger partial charge is 0.453 e. The Morgan fingerprint density at radius 2 is 2.18 bits per heavy atom. The molecule has 0 aromatic heterocycles. The number of hydrogen-bond acceptors (Lipinski definition) is 2. The van der Waals surface area contributed by atoms with Crippen molar-refractivity contribution in [3.05, 3.63) is 34.6 Å². The Hall–Kier alpha value is -1.29. The Kier molecular flexibility index (Phi) is 4.34. The van der Waals surface area contributed by atoms with Crippen LogP contribution in [0.1, 0.15) is 19.4 Å². The Bertz CT molecular complexity index is 421. The average molecular weight is 260 g/mol. The monoisotopic (exact) mass is 259 g/mol. The van der Waals surface area contributed by atoms with E-state index in [4.69, 9.17) is 11.6 Å². The van der Waals surface area contributed by atoms with Gasteiger partial charge in [0.1, 0.15) is 5.82 Å². The van der Waals surface area contributed by atoms with Gasteiger partial charge in [0.15, 0.2) is 0 Å². The second-order valence-corrected chi connectivity index (χ2v) is 4.77. The minimum atomic E-state index is -0.494. The number of ether oxygens (including phenoxy) is 1. The third-order valence-corrected chi connectivity index (χ3v) is 2.85. The molecule has 0 spiro atoms. The lowest BCUT2D eigenvalue weighted by Crippen LogP contribution is -2.36. The van der Waals surface area contributed by atoms with E-state index < -0.39 is 11.9 Å². The van der Waals surface area contributed by atoms with Crippen molar-refractivity contribution in [2.45, 2.75) is 19.3 Å². The first-order valence-corrected chi connectivity index (χ1v) is 5.52. The van der Waals surface area contributed by atoms with E-state index in [1.165, 1.54) is 13.2 Å². The van der Waals surface area contributed by atoms with Crippen LogP contribution >= 0.6 is 11.6 Å². The number of nitrogens with one attached hydrogen (secondary N) is 1. The van der Waals surface area contributed by atoms with Crippen molar-refractivity contribution in [2.75, 3.05) is 13.7 Å². The van der Waals surface area contributed by atoms with E-state index in [9.17, 15) is 9.18 Å². The first-order valence-electron chi connectivity index (χ1n) is 5.14. The number of benzene rings is 1. The normalized spacial score (nSPS) is 11.1. The van der Waals surface area contributed by atoms with Crippen molar-refractivity contribution in [3.8, 4) is 0 Å². The zero-order chi connectivity index (χ0) is 13.1. The van der Waals surface area contributed by atoms with Crippen LogP contribution in [0.3, 0.4) is 0 Å². The zero-order valence-corrected chi connectivity index (χ0v) is 10.8. The number of alkyl carbamates (subject to hydrolysis) is 1. The highest BCUT2D eigenvalue weighted by Crippen LogP contribution is 2.26. The molecule has 0 aliphatic rings. The predicted molar refractivity (Wildman–Crippen MR) is 64.8 cm³/mol. The van der Waals surface area contributed by atoms with Crippen LogP contribution in [0.5, 0.6) is 0 Å². The van der Waals surface area contributed by atoms with Gasteiger partial charge in [-0.1, -0.05) is 31.5 Å². The molecule has 1 rings (SSSR count). The van der Waals surface area contributed by atoms with Crippen molar-refractivity contribution in [1.29, 1.82) is 0 Å². The molecule has 0 saturated heterocycles. The van der Waals surface area contributed by atoms with Crippen molar-refractivity contribution < 1.29 is 13.9 Å². The molecule has 0 fully saturated rings. The molecule has 0 bridgehead atoms. The SMILES string of the molecule is COC(=O)NCC(C)(C)c1ccc(F)c(Cl)c1. The second kappa shape index (κ2) is 5.36. The quantitative estimate of drug-likeness (QED) is 0.906. The summed E-state index contributed by atoms with van der Waals surface area (Å²) in [5.41, 5.74) is 0.492. The van der Waals surface area contributed by atoms with Crippen molar-refractivity contribution in [2.24, 2.45) is 0 Å². The molecule has 0 heterocycles. The maximum absolute atomic E-state index is 13.0. The van der Waals surface area contributed by atoms with Gasteiger partial charge in [-0.25, -0.2) is 9.18 Å². The summed E-state index contributed by atoms with van der Waals surface area (Å²) in [7, 11) is 1.30. The van der Waals surface area contributed by atoms with E-state index >= 15 is 0 Å². The summed E-state index contributed by atoms with van der Waals surface area (Å²) in [4.78, 5) is 11.0. The number of carbonyl (C=O) groups excluding carboxylic acids is 1. The van der Waals surface area contributed by atoms with Crippen LogP contribution in [0.15, 0.2) is 18.2 Å². The fraction of sp³-hybridized carbons (Fsp3) is 0.417. The molecule has 1 aromatic rings. The molecule has 94 valence electrons. The highest BCUT2D eigenvalue weighted by atomic mass is 35.5. The third-order valence-electron chi connectivity index (χ3n) is 2.56. The lowest BCUT2D eigenvalue weighted by molar-refractivity contribution is 0.168. The van der Waals surface area contributed by atoms with Gasteiger partial charge >= 0.3 is 6.09 Å². The molecule has 17 heavy (non-hydrogen) atoms. The first kappa shape index (κ1) is 13.8. The van der Waals surface area contributed by atoms with Crippen LogP contribution in [0.4, 0.5) is 9.18 Å². The van der Waals surface area contributed by atoms with Crippen LogP contribution < -0.4 is 5.32 Å². The molecule has 3 nitrogen and oxygen atoms in total. The van der Waals surface area contributed by atoms with Crippen LogP contribution in [0, 0.1) is 5.82 Å². The number of rotatable bonds is 3. The van der Waals surface area contributed by atoms with Crippen molar-refractivity contribution >= 4 is 17.7 Å². The molecular formula is C12H15ClFNO2. The van der Waals surface area contributed by atoms with E-state index in [1.54, 1.807) is 12.1 Å². The summed E-state index contributed by atoms with van der Waals surface area (Å²) in [6, 6.07) is 4.54. The summed E-state index contributed by atoms with van der Waals surface area (Å²) in [5, 5.41) is 2.68. The summed E-state index contributed by atoms with van der Waals surface area (Å²) in [6.45, 7) is 4.22. The number of amides is 1. The topological polar surface area (TPSA) is 38.3 Å². The van der Waals surface area contributed by atoms with Crippen molar-refractivity contribution in [3.63, 3.8) is 0 Å². The molecule has 0 saturated carbocycles. The Morgan fingerprint density at radius 1 is 1.53 bits per heavy atom. The van der Waals surface area contributed by atoms with Crippen LogP contribution in [-0.2, 0) is 10.2 Å². The van der Waals surface area contributed by atoms with Gasteiger partial charge in [0.2, 0.25) is 0 Å². The van der Waals surface area contributed by atoms with Gasteiger partial charge < -0.3 is 10.1 Å². The van der Waals surface area contributed by atoms with Gasteiger partial charge in [0.05, 0.1) is 12.1 Å². The molecule has 0 aliphatic heterocycles. The zero-order valence-electron chi connectivity index (χ0n) is 10.0. The van der Waals surface area contributed by atoms with Gasteiger partial charge in [0, 0.05) is 12.0 Å². The third kappa shape index (κ3) is 3.60. The minimum Gasteiger partial charge on any atom is -0.453 e. The standard InChI is InChI=1S/C12H15ClFNO2/c1-12(2,7-15-11(16)17-3)8-4-5-10(14)9(13)6-8/h4-6H,7H2,1-3H3,(H,15,16). The van der Waals surface area contributed by atoms with E-state index in [0.717, 1.165) is 5.56 Å². The van der Waals surface area contributed by atoms with Gasteiger partial charge in [-0.2, -0.15) is 0 Å². The van der Waals surface area contributed by atoms with Crippen molar-refractivity contribution in [1.82, 2.24) is 5.32 Å². The molecule has 1 N–H and O–H groups in total. The average Bonchev–Trinajstić information content (AvgIpc) is 2.29. The summed E-state index contributed by atoms with van der Waals surface area (Å²) < 4.78 is 17.5. The molecule has 5 heteroatoms. The van der Waals surface area contributed by atoms with E-state index in [1.807, 2.05) is 13.8 Å². The lowest BCUT2D eigenvalue weighted by Gasteiger charge is -2.25. The second-order valence-electron chi connectivity index (χ2n) is 4.36. The first-order chi connectivity index (χ1) is 7.86. The van der Waals surface area contributed by atoms with Gasteiger partial charge in [-0.3, -0.25) is 0 Å². The molecule has 0 radical (unpaired) electrons. The highest BCUT2D eigenvalue weighted by Gasteiger charge is 2.22. The van der Waals surface area contributed by atoms with Gasteiger partial charge in [0.25, 0.3) is 0 Å². The summed E-state index contributed by atoms with van der Waals surface area (Å²) >= 11 is 5.72. The van der Waals surface area contributed by atoms with Gasteiger partial charge in [-0.05, 0) is 17.7 Å². The lowest BCUT2D eigenvalue weighted by atomic mass is 9.84. The van der Waals surface area contributed by atoms with E-state index in [-0.39, 0.29) is 10.4 Å². The predicted octanol–water partition coefficient (Wildman–Crippen LogP) is 3.11. The van der Waals surface area contributed by atoms with Crippen LogP contribution in [0.2, 0.25) is 5.02 Å². The molecule has 0 aliphatic carbocycles. The maximum atomic E-state index is 13.0. The minimum absolute atomic E-state index is 0.0774. The Balaban J connectivity index is 2.81. The molecule has 1 amide bonds. The van der Waals surface area contributed by atoms with Crippen LogP contribution in [0.25, 0.3) is 0 Å². The number of hydrogen-bond donors (Lipinski definition) is 1. The van der Waals surface area contributed by atoms with Crippen LogP contribution in [-0.4, -0.2) is 19.7 Å². The smallest absolute Gasteiger partial charge is 0.406 e. The van der Waals surface area contributed by atoms with E-state index in [2.05, 4.69) is 10.1 Å². The molecule has 0 atom stereocenters. The molecule has 0 unspecified atom stereocenters. The summed E-state index contributed by atoms with van der Waals surface area (Å²) in [5.74, 6) is -0.452. The fourth-order valence-corrected chi connectivity index (χ4v) is 1.57. The molecular weight excluding hydrogens is 245 g/mol. The van der Waals surface area contributed by atoms with Gasteiger partial charge in [-0.15, -0.1) is 0 Å². The number of carbonyl (C=O) groups is 1. The number of methoxy groups -OCH3 is 1.